The van der Waals surface area contributed by atoms with E-state index in [1.165, 1.54) is 24.6 Å². The predicted molar refractivity (Wildman–Crippen MR) is 54.7 cm³/mol. The normalized spacial score (nSPS) is 14.0. The fourth-order valence-corrected chi connectivity index (χ4v) is 1.96. The third-order valence-electron chi connectivity index (χ3n) is 1.90. The van der Waals surface area contributed by atoms with Crippen LogP contribution in [-0.2, 0) is 16.3 Å². The van der Waals surface area contributed by atoms with Crippen LogP contribution in [0.5, 0.6) is 0 Å². The first-order valence-corrected chi connectivity index (χ1v) is 6.02. The quantitative estimate of drug-likeness (QED) is 0.771. The molecule has 0 aromatic heterocycles. The Bertz CT molecular complexity index is 527. The maximum atomic E-state index is 13.3. The number of hydrogen-bond acceptors (Lipinski definition) is 4. The molecule has 80 valence electrons. The van der Waals surface area contributed by atoms with E-state index in [0.29, 0.717) is 5.56 Å². The summed E-state index contributed by atoms with van der Waals surface area (Å²) < 4.78 is 28.3. The van der Waals surface area contributed by atoms with Crippen LogP contribution >= 0.6 is 0 Å². The molecule has 0 spiro atoms. The lowest BCUT2D eigenvalue weighted by molar-refractivity contribution is 0.605. The monoisotopic (exact) mass is 227 g/mol. The van der Waals surface area contributed by atoms with E-state index in [1.807, 2.05) is 0 Å². The first kappa shape index (κ1) is 11.6. The summed E-state index contributed by atoms with van der Waals surface area (Å²) in [4.78, 5) is 0.193. The van der Waals surface area contributed by atoms with Crippen molar-refractivity contribution in [2.45, 2.75) is 11.4 Å². The molecule has 0 radical (unpaired) electrons. The second-order valence-electron chi connectivity index (χ2n) is 2.95. The van der Waals surface area contributed by atoms with Gasteiger partial charge in [0.2, 0.25) is 6.19 Å². The summed E-state index contributed by atoms with van der Waals surface area (Å²) in [6.45, 7) is 0.0758. The van der Waals surface area contributed by atoms with E-state index in [-0.39, 0.29) is 11.4 Å². The average Bonchev–Trinajstić information content (AvgIpc) is 2.17. The predicted octanol–water partition coefficient (Wildman–Crippen LogP) is 1.22. The van der Waals surface area contributed by atoms with E-state index >= 15 is 0 Å². The Morgan fingerprint density at radius 2 is 2.33 bits per heavy atom. The zero-order valence-corrected chi connectivity index (χ0v) is 8.92. The van der Waals surface area contributed by atoms with Crippen LogP contribution in [-0.4, -0.2) is 10.5 Å². The lowest BCUT2D eigenvalue weighted by Gasteiger charge is -2.04. The van der Waals surface area contributed by atoms with Gasteiger partial charge in [0, 0.05) is 18.4 Å². The number of halogens is 1. The van der Waals surface area contributed by atoms with Crippen LogP contribution in [0.2, 0.25) is 0 Å². The Morgan fingerprint density at radius 3 is 2.80 bits per heavy atom. The Kier molecular flexibility index (Phi) is 3.39. The van der Waals surface area contributed by atoms with Crippen LogP contribution in [0.15, 0.2) is 27.5 Å². The zero-order chi connectivity index (χ0) is 11.5. The van der Waals surface area contributed by atoms with Gasteiger partial charge in [-0.05, 0) is 12.1 Å². The number of nitrogens with two attached hydrogens (primary N) is 1. The van der Waals surface area contributed by atoms with Crippen LogP contribution in [0.25, 0.3) is 0 Å². The first-order chi connectivity index (χ1) is 7.01. The van der Waals surface area contributed by atoms with Crippen LogP contribution < -0.4 is 5.73 Å². The second kappa shape index (κ2) is 4.38. The molecule has 0 saturated carbocycles. The number of benzene rings is 1. The van der Waals surface area contributed by atoms with Crippen molar-refractivity contribution in [3.8, 4) is 6.19 Å². The van der Waals surface area contributed by atoms with Crippen LogP contribution in [0.4, 0.5) is 4.39 Å². The van der Waals surface area contributed by atoms with Crippen LogP contribution in [0.1, 0.15) is 5.56 Å². The molecule has 0 saturated heterocycles. The van der Waals surface area contributed by atoms with Gasteiger partial charge in [-0.15, -0.1) is 4.36 Å². The number of hydrogen-bond donors (Lipinski definition) is 1. The second-order valence-corrected chi connectivity index (χ2v) is 5.21. The summed E-state index contributed by atoms with van der Waals surface area (Å²) in [6.07, 6.45) is 2.74. The van der Waals surface area contributed by atoms with Crippen molar-refractivity contribution in [2.24, 2.45) is 10.1 Å². The summed E-state index contributed by atoms with van der Waals surface area (Å²) >= 11 is 0. The van der Waals surface area contributed by atoms with Crippen LogP contribution in [0.3, 0.4) is 0 Å². The Labute approximate surface area is 87.7 Å². The van der Waals surface area contributed by atoms with E-state index in [2.05, 4.69) is 4.36 Å². The number of nitrogens with zero attached hydrogens (tertiary/aromatic N) is 2. The minimum absolute atomic E-state index is 0.0758. The molecule has 15 heavy (non-hydrogen) atoms. The van der Waals surface area contributed by atoms with E-state index < -0.39 is 15.5 Å². The molecule has 0 aliphatic carbocycles. The van der Waals surface area contributed by atoms with Gasteiger partial charge in [-0.2, -0.15) is 5.26 Å². The van der Waals surface area contributed by atoms with Gasteiger partial charge in [0.25, 0.3) is 0 Å². The molecule has 4 nitrogen and oxygen atoms in total. The van der Waals surface area contributed by atoms with Crippen molar-refractivity contribution < 1.29 is 8.60 Å². The molecule has 0 unspecified atom stereocenters. The van der Waals surface area contributed by atoms with Crippen LogP contribution in [0, 0.1) is 17.3 Å². The van der Waals surface area contributed by atoms with E-state index in [4.69, 9.17) is 11.0 Å². The van der Waals surface area contributed by atoms with Crippen molar-refractivity contribution in [2.75, 3.05) is 6.26 Å². The molecule has 1 aromatic carbocycles. The lowest BCUT2D eigenvalue weighted by Crippen LogP contribution is -2.03. The van der Waals surface area contributed by atoms with Gasteiger partial charge in [0.05, 0.1) is 14.6 Å². The molecule has 0 fully saturated rings. The third-order valence-corrected chi connectivity index (χ3v) is 3.46. The first-order valence-electron chi connectivity index (χ1n) is 4.10. The molecule has 0 aliphatic rings. The molecule has 1 aromatic rings. The molecule has 0 bridgehead atoms. The average molecular weight is 227 g/mol. The molecule has 0 amide bonds. The van der Waals surface area contributed by atoms with Gasteiger partial charge in [-0.25, -0.2) is 8.60 Å². The molecular weight excluding hydrogens is 217 g/mol. The van der Waals surface area contributed by atoms with E-state index in [1.54, 1.807) is 0 Å². The standard InChI is InChI=1S/C9H10FN3OS/c1-15(14,13-6-12)8-3-2-7(5-11)9(10)4-8/h2-4H,5,11H2,1H3/t15-/m0/s1. The van der Waals surface area contributed by atoms with Gasteiger partial charge >= 0.3 is 0 Å². The Morgan fingerprint density at radius 1 is 1.67 bits per heavy atom. The third kappa shape index (κ3) is 2.52. The minimum atomic E-state index is -2.82. The highest BCUT2D eigenvalue weighted by molar-refractivity contribution is 7.93. The zero-order valence-electron chi connectivity index (χ0n) is 8.11. The minimum Gasteiger partial charge on any atom is -0.326 e. The highest BCUT2D eigenvalue weighted by atomic mass is 32.2. The summed E-state index contributed by atoms with van der Waals surface area (Å²) in [6, 6.07) is 4.01. The Balaban J connectivity index is 3.33. The van der Waals surface area contributed by atoms with Gasteiger partial charge in [-0.1, -0.05) is 6.07 Å². The summed E-state index contributed by atoms with van der Waals surface area (Å²) in [7, 11) is -2.82. The molecular formula is C9H10FN3OS. The molecule has 1 rings (SSSR count). The number of rotatable bonds is 2. The SMILES string of the molecule is C[S@@](=O)(=NC#N)c1ccc(CN)c(F)c1. The maximum absolute atomic E-state index is 13.3. The fourth-order valence-electron chi connectivity index (χ4n) is 1.06. The molecule has 0 aliphatic heterocycles. The topological polar surface area (TPSA) is 79.2 Å². The van der Waals surface area contributed by atoms with Gasteiger partial charge < -0.3 is 5.73 Å². The molecule has 2 N–H and O–H groups in total. The highest BCUT2D eigenvalue weighted by Gasteiger charge is 2.09. The van der Waals surface area contributed by atoms with Gasteiger partial charge in [-0.3, -0.25) is 0 Å². The smallest absolute Gasteiger partial charge is 0.214 e. The summed E-state index contributed by atoms with van der Waals surface area (Å²) in [5.41, 5.74) is 5.62. The van der Waals surface area contributed by atoms with Gasteiger partial charge in [0.1, 0.15) is 5.82 Å². The lowest BCUT2D eigenvalue weighted by atomic mass is 10.2. The van der Waals surface area contributed by atoms with Crippen molar-refractivity contribution >= 4 is 9.73 Å². The molecule has 6 heteroatoms. The molecule has 0 heterocycles. The number of nitriles is 1. The van der Waals surface area contributed by atoms with Crippen molar-refractivity contribution in [3.05, 3.63) is 29.6 Å². The highest BCUT2D eigenvalue weighted by Crippen LogP contribution is 2.16. The largest absolute Gasteiger partial charge is 0.326 e. The van der Waals surface area contributed by atoms with Crippen molar-refractivity contribution in [3.63, 3.8) is 0 Å². The van der Waals surface area contributed by atoms with Gasteiger partial charge in [0.15, 0.2) is 0 Å². The fraction of sp³-hybridized carbons (Fsp3) is 0.222. The Hall–Kier alpha value is -1.45. The summed E-state index contributed by atoms with van der Waals surface area (Å²) in [5, 5.41) is 8.32. The van der Waals surface area contributed by atoms with Crippen molar-refractivity contribution in [1.82, 2.24) is 0 Å². The van der Waals surface area contributed by atoms with E-state index in [9.17, 15) is 8.60 Å². The summed E-state index contributed by atoms with van der Waals surface area (Å²) in [5.74, 6) is -0.530. The molecule has 1 atom stereocenters. The maximum Gasteiger partial charge on any atom is 0.214 e. The van der Waals surface area contributed by atoms with Crippen molar-refractivity contribution in [1.29, 1.82) is 5.26 Å². The van der Waals surface area contributed by atoms with E-state index in [0.717, 1.165) is 6.07 Å².